The second-order valence-corrected chi connectivity index (χ2v) is 4.98. The van der Waals surface area contributed by atoms with Crippen LogP contribution in [0.25, 0.3) is 0 Å². The second kappa shape index (κ2) is 4.60. The molecule has 0 radical (unpaired) electrons. The molecule has 0 bridgehead atoms. The van der Waals surface area contributed by atoms with Crippen molar-refractivity contribution in [3.05, 3.63) is 48.2 Å². The molecule has 2 rings (SSSR count). The topological polar surface area (TPSA) is 85.3 Å². The van der Waals surface area contributed by atoms with Gasteiger partial charge in [-0.3, -0.25) is 0 Å². The average molecular weight is 252 g/mol. The molecule has 2 aromatic rings. The minimum Gasteiger partial charge on any atom is -0.446 e. The third-order valence-electron chi connectivity index (χ3n) is 2.16. The molecule has 1 heterocycles. The predicted octanol–water partition coefficient (Wildman–Crippen LogP) is 1.54. The molecule has 0 atom stereocenters. The molecular formula is C11H12N2O3S. The Morgan fingerprint density at radius 2 is 1.82 bits per heavy atom. The lowest BCUT2D eigenvalue weighted by Crippen LogP contribution is -2.10. The standard InChI is InChI=1S/C11H12N2O3S/c12-17(14,15)11-7-6-10(16-11)8-13-9-4-2-1-3-5-9/h1-7,13H,8H2,(H2,12,14,15). The minimum absolute atomic E-state index is 0.220. The number of sulfonamides is 1. The van der Waals surface area contributed by atoms with Crippen molar-refractivity contribution in [1.82, 2.24) is 0 Å². The first-order valence-corrected chi connectivity index (χ1v) is 6.51. The van der Waals surface area contributed by atoms with Gasteiger partial charge in [-0.15, -0.1) is 0 Å². The van der Waals surface area contributed by atoms with E-state index in [1.807, 2.05) is 30.3 Å². The summed E-state index contributed by atoms with van der Waals surface area (Å²) in [6, 6.07) is 12.5. The van der Waals surface area contributed by atoms with E-state index < -0.39 is 10.0 Å². The highest BCUT2D eigenvalue weighted by Crippen LogP contribution is 2.14. The third kappa shape index (κ3) is 3.08. The number of furan rings is 1. The van der Waals surface area contributed by atoms with Crippen molar-refractivity contribution in [3.63, 3.8) is 0 Å². The number of hydrogen-bond acceptors (Lipinski definition) is 4. The molecule has 0 aliphatic carbocycles. The lowest BCUT2D eigenvalue weighted by atomic mass is 10.3. The third-order valence-corrected chi connectivity index (χ3v) is 2.94. The van der Waals surface area contributed by atoms with Crippen molar-refractivity contribution in [2.75, 3.05) is 5.32 Å². The number of nitrogens with two attached hydrogens (primary N) is 1. The maximum absolute atomic E-state index is 11.0. The van der Waals surface area contributed by atoms with Crippen molar-refractivity contribution < 1.29 is 12.8 Å². The number of nitrogens with one attached hydrogen (secondary N) is 1. The van der Waals surface area contributed by atoms with Gasteiger partial charge in [0.15, 0.2) is 0 Å². The van der Waals surface area contributed by atoms with Crippen LogP contribution in [-0.4, -0.2) is 8.42 Å². The van der Waals surface area contributed by atoms with Crippen molar-refractivity contribution >= 4 is 15.7 Å². The van der Waals surface area contributed by atoms with E-state index in [9.17, 15) is 8.42 Å². The van der Waals surface area contributed by atoms with Crippen LogP contribution in [0.1, 0.15) is 5.76 Å². The van der Waals surface area contributed by atoms with E-state index in [4.69, 9.17) is 9.56 Å². The molecule has 0 saturated carbocycles. The van der Waals surface area contributed by atoms with Gasteiger partial charge in [-0.25, -0.2) is 13.6 Å². The highest BCUT2D eigenvalue weighted by atomic mass is 32.2. The van der Waals surface area contributed by atoms with Crippen molar-refractivity contribution in [1.29, 1.82) is 0 Å². The number of hydrogen-bond donors (Lipinski definition) is 2. The van der Waals surface area contributed by atoms with E-state index >= 15 is 0 Å². The Labute approximate surface area is 99.3 Å². The molecule has 1 aromatic heterocycles. The second-order valence-electron chi connectivity index (χ2n) is 3.49. The van der Waals surface area contributed by atoms with Gasteiger partial charge in [-0.1, -0.05) is 18.2 Å². The van der Waals surface area contributed by atoms with Crippen LogP contribution in [0.15, 0.2) is 52.0 Å². The molecule has 0 aliphatic heterocycles. The van der Waals surface area contributed by atoms with Gasteiger partial charge in [-0.2, -0.15) is 0 Å². The molecule has 0 amide bonds. The molecule has 3 N–H and O–H groups in total. The number of rotatable bonds is 4. The molecule has 0 spiro atoms. The van der Waals surface area contributed by atoms with Gasteiger partial charge >= 0.3 is 0 Å². The normalized spacial score (nSPS) is 11.4. The molecule has 90 valence electrons. The van der Waals surface area contributed by atoms with Gasteiger partial charge < -0.3 is 9.73 Å². The van der Waals surface area contributed by atoms with Crippen LogP contribution in [0, 0.1) is 0 Å². The summed E-state index contributed by atoms with van der Waals surface area (Å²) >= 11 is 0. The first-order chi connectivity index (χ1) is 8.05. The quantitative estimate of drug-likeness (QED) is 0.864. The highest BCUT2D eigenvalue weighted by molar-refractivity contribution is 7.89. The van der Waals surface area contributed by atoms with Gasteiger partial charge in [0.2, 0.25) is 5.09 Å². The van der Waals surface area contributed by atoms with Gasteiger partial charge in [0.25, 0.3) is 10.0 Å². The highest BCUT2D eigenvalue weighted by Gasteiger charge is 2.12. The average Bonchev–Trinajstić information content (AvgIpc) is 2.76. The maximum Gasteiger partial charge on any atom is 0.271 e. The summed E-state index contributed by atoms with van der Waals surface area (Å²) in [4.78, 5) is 0. The Morgan fingerprint density at radius 3 is 2.41 bits per heavy atom. The molecule has 0 saturated heterocycles. The van der Waals surface area contributed by atoms with Gasteiger partial charge in [0.1, 0.15) is 5.76 Å². The number of benzene rings is 1. The van der Waals surface area contributed by atoms with Crippen LogP contribution in [0.3, 0.4) is 0 Å². The lowest BCUT2D eigenvalue weighted by Gasteiger charge is -2.03. The largest absolute Gasteiger partial charge is 0.446 e. The van der Waals surface area contributed by atoms with Crippen LogP contribution in [0.5, 0.6) is 0 Å². The van der Waals surface area contributed by atoms with Crippen LogP contribution in [0.4, 0.5) is 5.69 Å². The molecular weight excluding hydrogens is 240 g/mol. The van der Waals surface area contributed by atoms with Crippen LogP contribution >= 0.6 is 0 Å². The van der Waals surface area contributed by atoms with Crippen molar-refractivity contribution in [2.24, 2.45) is 5.14 Å². The summed E-state index contributed by atoms with van der Waals surface area (Å²) in [7, 11) is -3.76. The molecule has 0 fully saturated rings. The monoisotopic (exact) mass is 252 g/mol. The summed E-state index contributed by atoms with van der Waals surface area (Å²) in [5.41, 5.74) is 0.932. The van der Waals surface area contributed by atoms with Crippen molar-refractivity contribution in [2.45, 2.75) is 11.6 Å². The fourth-order valence-electron chi connectivity index (χ4n) is 1.35. The van der Waals surface area contributed by atoms with Crippen molar-refractivity contribution in [3.8, 4) is 0 Å². The van der Waals surface area contributed by atoms with E-state index in [0.717, 1.165) is 5.69 Å². The Kier molecular flexibility index (Phi) is 3.16. The lowest BCUT2D eigenvalue weighted by molar-refractivity contribution is 0.419. The molecule has 1 aromatic carbocycles. The predicted molar refractivity (Wildman–Crippen MR) is 63.8 cm³/mol. The van der Waals surface area contributed by atoms with E-state index in [-0.39, 0.29) is 5.09 Å². The fourth-order valence-corrected chi connectivity index (χ4v) is 1.83. The Bertz CT molecular complexity index is 590. The molecule has 0 aliphatic rings. The minimum atomic E-state index is -3.76. The molecule has 6 heteroatoms. The van der Waals surface area contributed by atoms with Gasteiger partial charge in [0.05, 0.1) is 6.54 Å². The Balaban J connectivity index is 2.04. The first-order valence-electron chi connectivity index (χ1n) is 4.96. The summed E-state index contributed by atoms with van der Waals surface area (Å²) in [5, 5.41) is 7.81. The molecule has 5 nitrogen and oxygen atoms in total. The fraction of sp³-hybridized carbons (Fsp3) is 0.0909. The molecule has 17 heavy (non-hydrogen) atoms. The van der Waals surface area contributed by atoms with Gasteiger partial charge in [0, 0.05) is 5.69 Å². The zero-order valence-corrected chi connectivity index (χ0v) is 9.78. The number of primary sulfonamides is 1. The zero-order valence-electron chi connectivity index (χ0n) is 8.96. The Morgan fingerprint density at radius 1 is 1.12 bits per heavy atom. The molecule has 0 unspecified atom stereocenters. The Hall–Kier alpha value is -1.79. The number of anilines is 1. The smallest absolute Gasteiger partial charge is 0.271 e. The number of para-hydroxylation sites is 1. The van der Waals surface area contributed by atoms with Crippen LogP contribution < -0.4 is 10.5 Å². The summed E-state index contributed by atoms with van der Waals surface area (Å²) in [6.07, 6.45) is 0. The zero-order chi connectivity index (χ0) is 12.3. The van der Waals surface area contributed by atoms with E-state index in [1.165, 1.54) is 6.07 Å². The van der Waals surface area contributed by atoms with E-state index in [1.54, 1.807) is 6.07 Å². The van der Waals surface area contributed by atoms with Crippen LogP contribution in [0.2, 0.25) is 0 Å². The maximum atomic E-state index is 11.0. The van der Waals surface area contributed by atoms with Gasteiger partial charge in [-0.05, 0) is 24.3 Å². The van der Waals surface area contributed by atoms with E-state index in [0.29, 0.717) is 12.3 Å². The summed E-state index contributed by atoms with van der Waals surface area (Å²) in [5.74, 6) is 0.512. The van der Waals surface area contributed by atoms with Crippen LogP contribution in [-0.2, 0) is 16.6 Å². The summed E-state index contributed by atoms with van der Waals surface area (Å²) < 4.78 is 27.1. The summed E-state index contributed by atoms with van der Waals surface area (Å²) in [6.45, 7) is 0.402. The SMILES string of the molecule is NS(=O)(=O)c1ccc(CNc2ccccc2)o1. The van der Waals surface area contributed by atoms with E-state index in [2.05, 4.69) is 5.32 Å². The first kappa shape index (κ1) is 11.7.